The van der Waals surface area contributed by atoms with E-state index < -0.39 is 0 Å². The molecular formula is C10H11BrClNO. The number of phenolic OH excluding ortho intramolecular Hbond substituents is 1. The Balaban J connectivity index is 2.50. The van der Waals surface area contributed by atoms with Crippen molar-refractivity contribution < 1.29 is 5.11 Å². The topological polar surface area (TPSA) is 46.2 Å². The molecule has 0 heterocycles. The van der Waals surface area contributed by atoms with Gasteiger partial charge in [0.2, 0.25) is 0 Å². The molecule has 1 fully saturated rings. The molecule has 0 bridgehead atoms. The first kappa shape index (κ1) is 10.3. The summed E-state index contributed by atoms with van der Waals surface area (Å²) in [6.45, 7) is 0.568. The Morgan fingerprint density at radius 2 is 2.14 bits per heavy atom. The van der Waals surface area contributed by atoms with Gasteiger partial charge in [0.1, 0.15) is 5.75 Å². The second-order valence-corrected chi connectivity index (χ2v) is 4.97. The number of rotatable bonds is 2. The number of hydrogen-bond acceptors (Lipinski definition) is 2. The molecule has 1 aromatic carbocycles. The number of phenols is 1. The van der Waals surface area contributed by atoms with Crippen molar-refractivity contribution in [3.05, 3.63) is 27.2 Å². The Labute approximate surface area is 96.2 Å². The predicted molar refractivity (Wildman–Crippen MR) is 60.8 cm³/mol. The molecule has 0 saturated heterocycles. The molecule has 0 radical (unpaired) electrons. The Bertz CT molecular complexity index is 377. The SMILES string of the molecule is NCC1(c2ccc(Br)c(Cl)c2O)CC1. The molecular weight excluding hydrogens is 265 g/mol. The van der Waals surface area contributed by atoms with Crippen molar-refractivity contribution in [3.8, 4) is 5.75 Å². The van der Waals surface area contributed by atoms with Gasteiger partial charge in [-0.1, -0.05) is 17.7 Å². The minimum absolute atomic E-state index is 0.0194. The van der Waals surface area contributed by atoms with E-state index in [0.717, 1.165) is 18.4 Å². The molecule has 4 heteroatoms. The van der Waals surface area contributed by atoms with E-state index in [-0.39, 0.29) is 11.2 Å². The number of aromatic hydroxyl groups is 1. The summed E-state index contributed by atoms with van der Waals surface area (Å²) in [5.74, 6) is 0.170. The minimum atomic E-state index is -0.0194. The normalized spacial score (nSPS) is 18.2. The summed E-state index contributed by atoms with van der Waals surface area (Å²) in [5, 5.41) is 10.2. The van der Waals surface area contributed by atoms with Gasteiger partial charge in [-0.05, 0) is 34.8 Å². The Morgan fingerprint density at radius 1 is 1.50 bits per heavy atom. The molecule has 1 saturated carbocycles. The average Bonchev–Trinajstić information content (AvgIpc) is 2.95. The van der Waals surface area contributed by atoms with Gasteiger partial charge in [-0.25, -0.2) is 0 Å². The summed E-state index contributed by atoms with van der Waals surface area (Å²) in [5.41, 5.74) is 6.56. The lowest BCUT2D eigenvalue weighted by molar-refractivity contribution is 0.459. The van der Waals surface area contributed by atoms with Crippen LogP contribution in [0.4, 0.5) is 0 Å². The first-order valence-corrected chi connectivity index (χ1v) is 5.65. The molecule has 14 heavy (non-hydrogen) atoms. The lowest BCUT2D eigenvalue weighted by Gasteiger charge is -2.15. The van der Waals surface area contributed by atoms with Crippen molar-refractivity contribution in [1.29, 1.82) is 0 Å². The number of halogens is 2. The summed E-state index contributed by atoms with van der Waals surface area (Å²) < 4.78 is 0.716. The van der Waals surface area contributed by atoms with Gasteiger partial charge in [-0.3, -0.25) is 0 Å². The predicted octanol–water partition coefficient (Wildman–Crippen LogP) is 2.80. The van der Waals surface area contributed by atoms with Gasteiger partial charge in [0.25, 0.3) is 0 Å². The zero-order valence-corrected chi connectivity index (χ0v) is 9.90. The van der Waals surface area contributed by atoms with Gasteiger partial charge in [0.15, 0.2) is 0 Å². The smallest absolute Gasteiger partial charge is 0.139 e. The van der Waals surface area contributed by atoms with Gasteiger partial charge in [-0.15, -0.1) is 0 Å². The minimum Gasteiger partial charge on any atom is -0.506 e. The van der Waals surface area contributed by atoms with Crippen LogP contribution in [0.2, 0.25) is 5.02 Å². The van der Waals surface area contributed by atoms with Crippen molar-refractivity contribution in [2.45, 2.75) is 18.3 Å². The number of hydrogen-bond donors (Lipinski definition) is 2. The summed E-state index contributed by atoms with van der Waals surface area (Å²) in [6.07, 6.45) is 2.07. The molecule has 1 aliphatic rings. The maximum Gasteiger partial charge on any atom is 0.139 e. The van der Waals surface area contributed by atoms with Crippen molar-refractivity contribution in [2.24, 2.45) is 5.73 Å². The zero-order chi connectivity index (χ0) is 10.3. The maximum atomic E-state index is 9.87. The van der Waals surface area contributed by atoms with Gasteiger partial charge in [0, 0.05) is 22.0 Å². The van der Waals surface area contributed by atoms with Crippen LogP contribution in [-0.2, 0) is 5.41 Å². The number of benzene rings is 1. The zero-order valence-electron chi connectivity index (χ0n) is 7.56. The molecule has 0 aliphatic heterocycles. The molecule has 0 amide bonds. The fourth-order valence-corrected chi connectivity index (χ4v) is 2.19. The standard InChI is InChI=1S/C10H11BrClNO/c11-7-2-1-6(9(14)8(7)12)10(5-13)3-4-10/h1-2,14H,3-5,13H2. The third-order valence-electron chi connectivity index (χ3n) is 2.88. The van der Waals surface area contributed by atoms with Crippen molar-refractivity contribution >= 4 is 27.5 Å². The highest BCUT2D eigenvalue weighted by Gasteiger charge is 2.45. The third-order valence-corrected chi connectivity index (χ3v) is 4.16. The second-order valence-electron chi connectivity index (χ2n) is 3.74. The molecule has 1 aliphatic carbocycles. The van der Waals surface area contributed by atoms with E-state index >= 15 is 0 Å². The van der Waals surface area contributed by atoms with Gasteiger partial charge >= 0.3 is 0 Å². The highest BCUT2D eigenvalue weighted by atomic mass is 79.9. The van der Waals surface area contributed by atoms with Crippen LogP contribution in [0.25, 0.3) is 0 Å². The van der Waals surface area contributed by atoms with E-state index in [4.69, 9.17) is 17.3 Å². The molecule has 2 rings (SSSR count). The lowest BCUT2D eigenvalue weighted by atomic mass is 9.95. The highest BCUT2D eigenvalue weighted by molar-refractivity contribution is 9.10. The van der Waals surface area contributed by atoms with Gasteiger partial charge in [0.05, 0.1) is 5.02 Å². The molecule has 76 valence electrons. The molecule has 3 N–H and O–H groups in total. The third kappa shape index (κ3) is 1.44. The van der Waals surface area contributed by atoms with Gasteiger partial charge in [-0.2, -0.15) is 0 Å². The quantitative estimate of drug-likeness (QED) is 0.872. The van der Waals surface area contributed by atoms with E-state index in [2.05, 4.69) is 15.9 Å². The van der Waals surface area contributed by atoms with Crippen LogP contribution in [0, 0.1) is 0 Å². The average molecular weight is 277 g/mol. The van der Waals surface area contributed by atoms with E-state index in [1.807, 2.05) is 12.1 Å². The highest BCUT2D eigenvalue weighted by Crippen LogP contribution is 2.52. The molecule has 2 nitrogen and oxygen atoms in total. The largest absolute Gasteiger partial charge is 0.506 e. The summed E-state index contributed by atoms with van der Waals surface area (Å²) >= 11 is 9.20. The summed E-state index contributed by atoms with van der Waals surface area (Å²) in [6, 6.07) is 3.75. The number of nitrogens with two attached hydrogens (primary N) is 1. The Hall–Kier alpha value is -0.250. The molecule has 1 aromatic rings. The van der Waals surface area contributed by atoms with Crippen LogP contribution in [0.5, 0.6) is 5.75 Å². The second kappa shape index (κ2) is 3.40. The van der Waals surface area contributed by atoms with E-state index in [1.54, 1.807) is 0 Å². The van der Waals surface area contributed by atoms with Crippen molar-refractivity contribution in [1.82, 2.24) is 0 Å². The maximum absolute atomic E-state index is 9.87. The molecule has 0 atom stereocenters. The molecule has 0 spiro atoms. The van der Waals surface area contributed by atoms with Gasteiger partial charge < -0.3 is 10.8 Å². The van der Waals surface area contributed by atoms with Crippen LogP contribution in [0.15, 0.2) is 16.6 Å². The fraction of sp³-hybridized carbons (Fsp3) is 0.400. The van der Waals surface area contributed by atoms with E-state index in [0.29, 0.717) is 16.0 Å². The van der Waals surface area contributed by atoms with Crippen LogP contribution in [0.1, 0.15) is 18.4 Å². The Kier molecular flexibility index (Phi) is 2.50. The van der Waals surface area contributed by atoms with Crippen LogP contribution < -0.4 is 5.73 Å². The Morgan fingerprint density at radius 3 is 2.64 bits per heavy atom. The molecule has 0 unspecified atom stereocenters. The fourth-order valence-electron chi connectivity index (χ4n) is 1.70. The van der Waals surface area contributed by atoms with Crippen LogP contribution in [-0.4, -0.2) is 11.7 Å². The lowest BCUT2D eigenvalue weighted by Crippen LogP contribution is -2.19. The first-order chi connectivity index (χ1) is 6.60. The van der Waals surface area contributed by atoms with E-state index in [9.17, 15) is 5.11 Å². The van der Waals surface area contributed by atoms with Crippen molar-refractivity contribution in [2.75, 3.05) is 6.54 Å². The van der Waals surface area contributed by atoms with Crippen LogP contribution in [0.3, 0.4) is 0 Å². The van der Waals surface area contributed by atoms with E-state index in [1.165, 1.54) is 0 Å². The monoisotopic (exact) mass is 275 g/mol. The van der Waals surface area contributed by atoms with Crippen molar-refractivity contribution in [3.63, 3.8) is 0 Å². The van der Waals surface area contributed by atoms with Crippen LogP contribution >= 0.6 is 27.5 Å². The summed E-state index contributed by atoms with van der Waals surface area (Å²) in [7, 11) is 0. The first-order valence-electron chi connectivity index (χ1n) is 4.48. The molecule has 0 aromatic heterocycles. The summed E-state index contributed by atoms with van der Waals surface area (Å²) in [4.78, 5) is 0.